The maximum Gasteiger partial charge on any atom is 0.407 e. The van der Waals surface area contributed by atoms with Gasteiger partial charge in [0.2, 0.25) is 5.91 Å². The minimum atomic E-state index is -1.48. The van der Waals surface area contributed by atoms with E-state index in [1.54, 1.807) is 0 Å². The molecule has 0 unspecified atom stereocenters. The van der Waals surface area contributed by atoms with Crippen molar-refractivity contribution in [2.45, 2.75) is 57.5 Å². The molecule has 0 radical (unpaired) electrons. The fourth-order valence-electron chi connectivity index (χ4n) is 2.12. The minimum absolute atomic E-state index is 0.0130. The van der Waals surface area contributed by atoms with E-state index in [1.165, 1.54) is 0 Å². The van der Waals surface area contributed by atoms with Gasteiger partial charge in [0, 0.05) is 6.54 Å². The Morgan fingerprint density at radius 2 is 1.71 bits per heavy atom. The molecule has 12 heteroatoms. The van der Waals surface area contributed by atoms with Gasteiger partial charge in [0.05, 0.1) is 13.0 Å². The van der Waals surface area contributed by atoms with Crippen LogP contribution in [-0.2, 0) is 19.1 Å². The molecule has 28 heavy (non-hydrogen) atoms. The third-order valence-corrected chi connectivity index (χ3v) is 3.53. The zero-order chi connectivity index (χ0) is 21.5. The van der Waals surface area contributed by atoms with Crippen LogP contribution in [0.15, 0.2) is 4.99 Å². The van der Waals surface area contributed by atoms with Gasteiger partial charge in [-0.2, -0.15) is 0 Å². The normalized spacial score (nSPS) is 12.3. The lowest BCUT2D eigenvalue weighted by Crippen LogP contribution is -2.52. The second kappa shape index (κ2) is 14.1. The van der Waals surface area contributed by atoms with E-state index < -0.39 is 42.4 Å². The van der Waals surface area contributed by atoms with Gasteiger partial charge in [-0.1, -0.05) is 19.8 Å². The number of aliphatic imine (C=N–C) groups is 1. The van der Waals surface area contributed by atoms with Crippen molar-refractivity contribution >= 4 is 29.9 Å². The number of nitrogens with two attached hydrogens (primary N) is 2. The van der Waals surface area contributed by atoms with Crippen LogP contribution in [0, 0.1) is 0 Å². The molecule has 0 aromatic heterocycles. The highest BCUT2D eigenvalue weighted by atomic mass is 16.5. The Labute approximate surface area is 162 Å². The average Bonchev–Trinajstić information content (AvgIpc) is 2.59. The van der Waals surface area contributed by atoms with Crippen LogP contribution in [0.5, 0.6) is 0 Å². The molecular weight excluding hydrogens is 374 g/mol. The van der Waals surface area contributed by atoms with Crippen molar-refractivity contribution in [3.63, 3.8) is 0 Å². The van der Waals surface area contributed by atoms with Crippen LogP contribution in [0.1, 0.15) is 45.4 Å². The monoisotopic (exact) mass is 403 g/mol. The molecule has 0 heterocycles. The van der Waals surface area contributed by atoms with Gasteiger partial charge < -0.3 is 37.1 Å². The van der Waals surface area contributed by atoms with E-state index in [-0.39, 0.29) is 32.0 Å². The SMILES string of the molecule is CCCCCOC(=O)N[C@@H](CC(=O)O)C(=O)N[C@@H](CCCN=C(N)N)C(=O)O. The smallest absolute Gasteiger partial charge is 0.407 e. The zero-order valence-electron chi connectivity index (χ0n) is 15.8. The fourth-order valence-corrected chi connectivity index (χ4v) is 2.12. The second-order valence-electron chi connectivity index (χ2n) is 5.99. The van der Waals surface area contributed by atoms with Crippen LogP contribution in [0.3, 0.4) is 0 Å². The first-order valence-electron chi connectivity index (χ1n) is 8.91. The summed E-state index contributed by atoms with van der Waals surface area (Å²) in [7, 11) is 0. The molecule has 12 nitrogen and oxygen atoms in total. The van der Waals surface area contributed by atoms with Crippen LogP contribution in [0.4, 0.5) is 4.79 Å². The number of carbonyl (C=O) groups is 4. The van der Waals surface area contributed by atoms with Crippen molar-refractivity contribution in [2.24, 2.45) is 16.5 Å². The lowest BCUT2D eigenvalue weighted by Gasteiger charge is -2.20. The average molecular weight is 403 g/mol. The molecule has 0 aliphatic heterocycles. The molecule has 160 valence electrons. The Bertz CT molecular complexity index is 564. The van der Waals surface area contributed by atoms with Crippen molar-refractivity contribution in [1.82, 2.24) is 10.6 Å². The largest absolute Gasteiger partial charge is 0.481 e. The Balaban J connectivity index is 4.77. The molecule has 0 aliphatic rings. The summed E-state index contributed by atoms with van der Waals surface area (Å²) in [6, 6.07) is -2.77. The summed E-state index contributed by atoms with van der Waals surface area (Å²) in [5, 5.41) is 22.5. The standard InChI is InChI=1S/C16H29N5O7/c1-2-3-4-8-28-16(27)21-11(9-12(22)23)13(24)20-10(14(25)26)6-5-7-19-15(17)18/h10-11H,2-9H2,1H3,(H,20,24)(H,21,27)(H,22,23)(H,25,26)(H4,17,18,19)/t10-,11-/m0/s1. The third-order valence-electron chi connectivity index (χ3n) is 3.53. The number of rotatable bonds is 14. The van der Waals surface area contributed by atoms with Crippen LogP contribution < -0.4 is 22.1 Å². The molecule has 0 spiro atoms. The Morgan fingerprint density at radius 3 is 2.25 bits per heavy atom. The highest BCUT2D eigenvalue weighted by molar-refractivity contribution is 5.91. The van der Waals surface area contributed by atoms with Gasteiger partial charge in [-0.25, -0.2) is 9.59 Å². The number of unbranched alkanes of at least 4 members (excludes halogenated alkanes) is 2. The number of alkyl carbamates (subject to hydrolysis) is 1. The summed E-state index contributed by atoms with van der Waals surface area (Å²) in [4.78, 5) is 50.0. The first kappa shape index (κ1) is 24.9. The minimum Gasteiger partial charge on any atom is -0.481 e. The van der Waals surface area contributed by atoms with E-state index in [0.717, 1.165) is 12.8 Å². The molecule has 8 N–H and O–H groups in total. The van der Waals surface area contributed by atoms with Crippen molar-refractivity contribution in [3.05, 3.63) is 0 Å². The summed E-state index contributed by atoms with van der Waals surface area (Å²) in [5.41, 5.74) is 10.3. The predicted octanol–water partition coefficient (Wildman–Crippen LogP) is -0.631. The second-order valence-corrected chi connectivity index (χ2v) is 5.99. The number of hydrogen-bond donors (Lipinski definition) is 6. The lowest BCUT2D eigenvalue weighted by molar-refractivity contribution is -0.143. The number of aliphatic carboxylic acids is 2. The molecule has 0 aliphatic carbocycles. The van der Waals surface area contributed by atoms with Crippen LogP contribution in [0.2, 0.25) is 0 Å². The first-order chi connectivity index (χ1) is 13.2. The van der Waals surface area contributed by atoms with E-state index in [1.807, 2.05) is 6.92 Å². The van der Waals surface area contributed by atoms with E-state index >= 15 is 0 Å². The predicted molar refractivity (Wildman–Crippen MR) is 99.5 cm³/mol. The third kappa shape index (κ3) is 12.3. The number of nitrogens with one attached hydrogen (secondary N) is 2. The van der Waals surface area contributed by atoms with Crippen molar-refractivity contribution < 1.29 is 34.1 Å². The molecular formula is C16H29N5O7. The summed E-state index contributed by atoms with van der Waals surface area (Å²) >= 11 is 0. The molecule has 2 amide bonds. The molecule has 2 atom stereocenters. The topological polar surface area (TPSA) is 206 Å². The van der Waals surface area contributed by atoms with Crippen LogP contribution >= 0.6 is 0 Å². The maximum atomic E-state index is 12.3. The van der Waals surface area contributed by atoms with Gasteiger partial charge in [0.1, 0.15) is 12.1 Å². The van der Waals surface area contributed by atoms with Crippen molar-refractivity contribution in [1.29, 1.82) is 0 Å². The molecule has 0 saturated heterocycles. The van der Waals surface area contributed by atoms with Crippen LogP contribution in [0.25, 0.3) is 0 Å². The summed E-state index contributed by atoms with van der Waals surface area (Å²) in [6.45, 7) is 2.27. The fraction of sp³-hybridized carbons (Fsp3) is 0.688. The van der Waals surface area contributed by atoms with Gasteiger partial charge in [-0.3, -0.25) is 14.6 Å². The van der Waals surface area contributed by atoms with Gasteiger partial charge in [0.15, 0.2) is 5.96 Å². The number of carbonyl (C=O) groups excluding carboxylic acids is 2. The summed E-state index contributed by atoms with van der Waals surface area (Å²) in [6.07, 6.45) is 1.02. The number of guanidine groups is 1. The highest BCUT2D eigenvalue weighted by Gasteiger charge is 2.28. The molecule has 0 fully saturated rings. The van der Waals surface area contributed by atoms with Gasteiger partial charge in [-0.05, 0) is 19.3 Å². The molecule has 0 saturated carbocycles. The molecule has 0 rings (SSSR count). The van der Waals surface area contributed by atoms with Crippen LogP contribution in [-0.4, -0.2) is 65.3 Å². The summed E-state index contributed by atoms with van der Waals surface area (Å²) in [5.74, 6) is -3.73. The van der Waals surface area contributed by atoms with E-state index in [0.29, 0.717) is 6.42 Å². The van der Waals surface area contributed by atoms with Gasteiger partial charge in [0.25, 0.3) is 0 Å². The molecule has 0 aromatic carbocycles. The Hall–Kier alpha value is -3.05. The first-order valence-corrected chi connectivity index (χ1v) is 8.91. The van der Waals surface area contributed by atoms with E-state index in [4.69, 9.17) is 21.3 Å². The molecule has 0 bridgehead atoms. The number of hydrogen-bond acceptors (Lipinski definition) is 6. The number of nitrogens with zero attached hydrogens (tertiary/aromatic N) is 1. The Kier molecular flexibility index (Phi) is 12.5. The molecule has 0 aromatic rings. The number of carboxylic acid groups (broad SMARTS) is 2. The van der Waals surface area contributed by atoms with E-state index in [9.17, 15) is 24.3 Å². The number of carboxylic acids is 2. The van der Waals surface area contributed by atoms with Crippen molar-refractivity contribution in [3.8, 4) is 0 Å². The highest BCUT2D eigenvalue weighted by Crippen LogP contribution is 2.02. The maximum absolute atomic E-state index is 12.3. The lowest BCUT2D eigenvalue weighted by atomic mass is 10.1. The number of ether oxygens (including phenoxy) is 1. The summed E-state index contributed by atoms with van der Waals surface area (Å²) < 4.78 is 4.88. The van der Waals surface area contributed by atoms with Crippen molar-refractivity contribution in [2.75, 3.05) is 13.2 Å². The Morgan fingerprint density at radius 1 is 1.04 bits per heavy atom. The van der Waals surface area contributed by atoms with Gasteiger partial charge in [-0.15, -0.1) is 0 Å². The quantitative estimate of drug-likeness (QED) is 0.124. The zero-order valence-corrected chi connectivity index (χ0v) is 15.8. The van der Waals surface area contributed by atoms with Gasteiger partial charge >= 0.3 is 18.0 Å². The van der Waals surface area contributed by atoms with E-state index in [2.05, 4.69) is 15.6 Å². The number of amides is 2.